The third-order valence-electron chi connectivity index (χ3n) is 3.66. The first-order chi connectivity index (χ1) is 10.7. The monoisotopic (exact) mass is 292 g/mol. The second kappa shape index (κ2) is 5.38. The van der Waals surface area contributed by atoms with E-state index in [0.717, 1.165) is 0 Å². The van der Waals surface area contributed by atoms with Gasteiger partial charge in [-0.2, -0.15) is 5.26 Å². The summed E-state index contributed by atoms with van der Waals surface area (Å²) >= 11 is 0. The summed E-state index contributed by atoms with van der Waals surface area (Å²) in [7, 11) is 1.54. The summed E-state index contributed by atoms with van der Waals surface area (Å²) in [6, 6.07) is 15.9. The van der Waals surface area contributed by atoms with E-state index in [1.165, 1.54) is 0 Å². The number of rotatable bonds is 2. The summed E-state index contributed by atoms with van der Waals surface area (Å²) in [6.45, 7) is 0. The van der Waals surface area contributed by atoms with Crippen molar-refractivity contribution in [1.82, 2.24) is 0 Å². The molecule has 3 aromatic carbocycles. The molecule has 0 aliphatic rings. The summed E-state index contributed by atoms with van der Waals surface area (Å²) in [5.41, 5.74) is 7.32. The Morgan fingerprint density at radius 1 is 1.09 bits per heavy atom. The number of ether oxygens (including phenoxy) is 1. The number of methoxy groups -OCH3 is 1. The van der Waals surface area contributed by atoms with Gasteiger partial charge in [0.2, 0.25) is 0 Å². The number of nitriles is 1. The lowest BCUT2D eigenvalue weighted by atomic mass is 9.94. The second-order valence-corrected chi connectivity index (χ2v) is 4.87. The summed E-state index contributed by atoms with van der Waals surface area (Å²) in [4.78, 5) is 0. The molecule has 0 spiro atoms. The van der Waals surface area contributed by atoms with Crippen molar-refractivity contribution >= 4 is 16.5 Å². The Kier molecular flexibility index (Phi) is 3.40. The van der Waals surface area contributed by atoms with Crippen molar-refractivity contribution in [2.45, 2.75) is 0 Å². The Hall–Kier alpha value is -3.06. The molecule has 2 N–H and O–H groups in total. The highest BCUT2D eigenvalue weighted by Gasteiger charge is 2.19. The van der Waals surface area contributed by atoms with E-state index in [-0.39, 0.29) is 16.8 Å². The van der Waals surface area contributed by atoms with Crippen LogP contribution in [0.3, 0.4) is 0 Å². The lowest BCUT2D eigenvalue weighted by Gasteiger charge is -2.13. The van der Waals surface area contributed by atoms with Crippen LogP contribution in [-0.2, 0) is 0 Å². The average molecular weight is 292 g/mol. The lowest BCUT2D eigenvalue weighted by molar-refractivity contribution is 0.415. The molecule has 0 radical (unpaired) electrons. The molecule has 0 atom stereocenters. The minimum atomic E-state index is -0.430. The SMILES string of the molecule is COc1cccc(-c2c(N)c(C#N)c3ccccc3c2F)c1. The zero-order valence-electron chi connectivity index (χ0n) is 11.9. The molecule has 0 aliphatic carbocycles. The van der Waals surface area contributed by atoms with E-state index in [9.17, 15) is 9.65 Å². The molecule has 3 nitrogen and oxygen atoms in total. The Morgan fingerprint density at radius 3 is 2.50 bits per heavy atom. The third kappa shape index (κ3) is 2.04. The maximum absolute atomic E-state index is 14.9. The molecule has 0 unspecified atom stereocenters. The molecule has 0 heterocycles. The van der Waals surface area contributed by atoms with Gasteiger partial charge in [0, 0.05) is 16.3 Å². The Balaban J connectivity index is 2.41. The van der Waals surface area contributed by atoms with E-state index in [1.54, 1.807) is 55.6 Å². The van der Waals surface area contributed by atoms with E-state index in [1.807, 2.05) is 0 Å². The zero-order chi connectivity index (χ0) is 15.7. The van der Waals surface area contributed by atoms with Crippen molar-refractivity contribution in [3.8, 4) is 22.9 Å². The van der Waals surface area contributed by atoms with Gasteiger partial charge in [0.05, 0.1) is 18.4 Å². The predicted octanol–water partition coefficient (Wildman–Crippen LogP) is 4.11. The van der Waals surface area contributed by atoms with Gasteiger partial charge >= 0.3 is 0 Å². The topological polar surface area (TPSA) is 59.0 Å². The molecule has 0 aliphatic heterocycles. The van der Waals surface area contributed by atoms with E-state index in [4.69, 9.17) is 10.5 Å². The first kappa shape index (κ1) is 13.9. The van der Waals surface area contributed by atoms with Gasteiger partial charge in [-0.3, -0.25) is 0 Å². The first-order valence-corrected chi connectivity index (χ1v) is 6.71. The normalized spacial score (nSPS) is 10.4. The summed E-state index contributed by atoms with van der Waals surface area (Å²) in [6.07, 6.45) is 0. The van der Waals surface area contributed by atoms with Crippen molar-refractivity contribution in [3.63, 3.8) is 0 Å². The molecule has 0 amide bonds. The van der Waals surface area contributed by atoms with Gasteiger partial charge in [-0.1, -0.05) is 36.4 Å². The summed E-state index contributed by atoms with van der Waals surface area (Å²) < 4.78 is 20.1. The molecule has 22 heavy (non-hydrogen) atoms. The summed E-state index contributed by atoms with van der Waals surface area (Å²) in [5.74, 6) is 0.170. The number of halogens is 1. The van der Waals surface area contributed by atoms with Crippen LogP contribution in [-0.4, -0.2) is 7.11 Å². The fraction of sp³-hybridized carbons (Fsp3) is 0.0556. The minimum absolute atomic E-state index is 0.145. The van der Waals surface area contributed by atoms with Crippen LogP contribution in [0, 0.1) is 17.1 Å². The van der Waals surface area contributed by atoms with Crippen molar-refractivity contribution in [1.29, 1.82) is 5.26 Å². The van der Waals surface area contributed by atoms with Crippen LogP contribution in [0.1, 0.15) is 5.56 Å². The van der Waals surface area contributed by atoms with E-state index in [0.29, 0.717) is 22.1 Å². The maximum Gasteiger partial charge on any atom is 0.141 e. The number of nitrogen functional groups attached to an aromatic ring is 1. The molecule has 3 aromatic rings. The van der Waals surface area contributed by atoms with Crippen LogP contribution in [0.2, 0.25) is 0 Å². The average Bonchev–Trinajstić information content (AvgIpc) is 2.56. The number of hydrogen-bond donors (Lipinski definition) is 1. The molecule has 0 bridgehead atoms. The van der Waals surface area contributed by atoms with Crippen LogP contribution < -0.4 is 10.5 Å². The van der Waals surface area contributed by atoms with Gasteiger partial charge in [0.15, 0.2) is 0 Å². The Labute approximate surface area is 127 Å². The predicted molar refractivity (Wildman–Crippen MR) is 85.0 cm³/mol. The molecular weight excluding hydrogens is 279 g/mol. The van der Waals surface area contributed by atoms with Gasteiger partial charge in [-0.25, -0.2) is 4.39 Å². The molecule has 108 valence electrons. The minimum Gasteiger partial charge on any atom is -0.497 e. The Bertz CT molecular complexity index is 913. The number of benzene rings is 3. The van der Waals surface area contributed by atoms with Gasteiger partial charge in [-0.05, 0) is 17.7 Å². The third-order valence-corrected chi connectivity index (χ3v) is 3.66. The van der Waals surface area contributed by atoms with Crippen molar-refractivity contribution < 1.29 is 9.13 Å². The number of anilines is 1. The second-order valence-electron chi connectivity index (χ2n) is 4.87. The maximum atomic E-state index is 14.9. The van der Waals surface area contributed by atoms with Crippen LogP contribution in [0.25, 0.3) is 21.9 Å². The molecule has 0 aromatic heterocycles. The Morgan fingerprint density at radius 2 is 1.82 bits per heavy atom. The van der Waals surface area contributed by atoms with E-state index >= 15 is 0 Å². The van der Waals surface area contributed by atoms with E-state index in [2.05, 4.69) is 6.07 Å². The highest BCUT2D eigenvalue weighted by molar-refractivity contribution is 6.00. The fourth-order valence-electron chi connectivity index (χ4n) is 2.60. The number of fused-ring (bicyclic) bond motifs is 1. The van der Waals surface area contributed by atoms with Crippen LogP contribution >= 0.6 is 0 Å². The zero-order valence-corrected chi connectivity index (χ0v) is 11.9. The lowest BCUT2D eigenvalue weighted by Crippen LogP contribution is -2.00. The molecule has 0 fully saturated rings. The molecule has 0 saturated heterocycles. The summed E-state index contributed by atoms with van der Waals surface area (Å²) in [5, 5.41) is 10.3. The van der Waals surface area contributed by atoms with Gasteiger partial charge < -0.3 is 10.5 Å². The standard InChI is InChI=1S/C18H13FN2O/c1-22-12-6-4-5-11(9-12)16-17(19)14-8-3-2-7-13(14)15(10-20)18(16)21/h2-9H,21H2,1H3. The molecular formula is C18H13FN2O. The van der Waals surface area contributed by atoms with Gasteiger partial charge in [-0.15, -0.1) is 0 Å². The number of nitrogens with two attached hydrogens (primary N) is 1. The van der Waals surface area contributed by atoms with E-state index < -0.39 is 5.82 Å². The van der Waals surface area contributed by atoms with Crippen LogP contribution in [0.5, 0.6) is 5.75 Å². The van der Waals surface area contributed by atoms with Crippen molar-refractivity contribution in [3.05, 3.63) is 59.9 Å². The fourth-order valence-corrected chi connectivity index (χ4v) is 2.60. The number of nitrogens with zero attached hydrogens (tertiary/aromatic N) is 1. The van der Waals surface area contributed by atoms with Crippen LogP contribution in [0.4, 0.5) is 10.1 Å². The quantitative estimate of drug-likeness (QED) is 0.723. The smallest absolute Gasteiger partial charge is 0.141 e. The number of hydrogen-bond acceptors (Lipinski definition) is 3. The highest BCUT2D eigenvalue weighted by Crippen LogP contribution is 2.38. The van der Waals surface area contributed by atoms with Crippen LogP contribution in [0.15, 0.2) is 48.5 Å². The van der Waals surface area contributed by atoms with Crippen molar-refractivity contribution in [2.75, 3.05) is 12.8 Å². The highest BCUT2D eigenvalue weighted by atomic mass is 19.1. The first-order valence-electron chi connectivity index (χ1n) is 6.71. The molecule has 3 rings (SSSR count). The van der Waals surface area contributed by atoms with Gasteiger partial charge in [0.25, 0.3) is 0 Å². The van der Waals surface area contributed by atoms with Gasteiger partial charge in [0.1, 0.15) is 17.6 Å². The molecule has 4 heteroatoms. The largest absolute Gasteiger partial charge is 0.497 e. The van der Waals surface area contributed by atoms with Crippen molar-refractivity contribution in [2.24, 2.45) is 0 Å². The molecule has 0 saturated carbocycles.